The van der Waals surface area contributed by atoms with Gasteiger partial charge >= 0.3 is 0 Å². The maximum Gasteiger partial charge on any atom is 0.128 e. The smallest absolute Gasteiger partial charge is 0.128 e. The lowest BCUT2D eigenvalue weighted by Crippen LogP contribution is -2.46. The number of hydrazone groups is 1. The Hall–Kier alpha value is -4.07. The Morgan fingerprint density at radius 1 is 0.840 bits per heavy atom. The van der Waals surface area contributed by atoms with E-state index in [0.29, 0.717) is 17.0 Å². The van der Waals surface area contributed by atoms with Crippen LogP contribution in [0.15, 0.2) is 103 Å². The van der Waals surface area contributed by atoms with Crippen LogP contribution in [0.3, 0.4) is 0 Å². The van der Waals surface area contributed by atoms with E-state index in [1.54, 1.807) is 12.4 Å². The third kappa shape index (κ3) is 8.80. The van der Waals surface area contributed by atoms with Gasteiger partial charge in [-0.1, -0.05) is 54.9 Å². The molecule has 2 fully saturated rings. The van der Waals surface area contributed by atoms with Gasteiger partial charge in [-0.3, -0.25) is 4.90 Å². The molecular formula is C41H49Cl2N7. The number of aromatic nitrogens is 2. The van der Waals surface area contributed by atoms with Crippen LogP contribution in [0.4, 0.5) is 17.1 Å². The molecule has 1 saturated carbocycles. The third-order valence-electron chi connectivity index (χ3n) is 10.4. The molecule has 50 heavy (non-hydrogen) atoms. The van der Waals surface area contributed by atoms with E-state index >= 15 is 0 Å². The van der Waals surface area contributed by atoms with Crippen molar-refractivity contribution >= 4 is 46.6 Å². The molecule has 2 aliphatic heterocycles. The van der Waals surface area contributed by atoms with E-state index in [-0.39, 0.29) is 0 Å². The fraction of sp³-hybridized carbons (Fsp3) is 0.390. The van der Waals surface area contributed by atoms with Gasteiger partial charge in [0, 0.05) is 65.7 Å². The van der Waals surface area contributed by atoms with Crippen LogP contribution in [0.25, 0.3) is 0 Å². The summed E-state index contributed by atoms with van der Waals surface area (Å²) >= 11 is 12.6. The summed E-state index contributed by atoms with van der Waals surface area (Å²) in [4.78, 5) is 14.6. The van der Waals surface area contributed by atoms with Gasteiger partial charge in [0.25, 0.3) is 0 Å². The van der Waals surface area contributed by atoms with Crippen molar-refractivity contribution in [1.29, 1.82) is 0 Å². The summed E-state index contributed by atoms with van der Waals surface area (Å²) in [6, 6.07) is 24.4. The van der Waals surface area contributed by atoms with E-state index in [1.165, 1.54) is 54.5 Å². The Morgan fingerprint density at radius 3 is 2.04 bits per heavy atom. The number of nitrogens with zero attached hydrogens (tertiary/aromatic N) is 7. The molecule has 0 N–H and O–H groups in total. The summed E-state index contributed by atoms with van der Waals surface area (Å²) in [5.74, 6) is 2.24. The number of piperazine rings is 1. The highest BCUT2D eigenvalue weighted by Gasteiger charge is 2.28. The van der Waals surface area contributed by atoms with E-state index in [4.69, 9.17) is 23.2 Å². The van der Waals surface area contributed by atoms with Crippen LogP contribution >= 0.6 is 23.2 Å². The van der Waals surface area contributed by atoms with Gasteiger partial charge in [-0.2, -0.15) is 5.10 Å². The van der Waals surface area contributed by atoms with Gasteiger partial charge in [0.1, 0.15) is 18.5 Å². The fourth-order valence-electron chi connectivity index (χ4n) is 7.22. The lowest BCUT2D eigenvalue weighted by atomic mass is 9.93. The van der Waals surface area contributed by atoms with Crippen LogP contribution in [0, 0.1) is 12.8 Å². The molecule has 1 aromatic heterocycles. The first kappa shape index (κ1) is 35.7. The molecular weight excluding hydrogens is 661 g/mol. The topological polar surface area (TPSA) is 51.1 Å². The number of halogens is 2. The molecule has 262 valence electrons. The van der Waals surface area contributed by atoms with Gasteiger partial charge in [-0.25, -0.2) is 15.0 Å². The van der Waals surface area contributed by atoms with Gasteiger partial charge in [0.2, 0.25) is 0 Å². The molecule has 3 aromatic carbocycles. The second-order valence-electron chi connectivity index (χ2n) is 13.8. The van der Waals surface area contributed by atoms with Gasteiger partial charge in [0.05, 0.1) is 6.04 Å². The lowest BCUT2D eigenvalue weighted by molar-refractivity contribution is 0.286. The molecule has 0 bridgehead atoms. The second-order valence-corrected chi connectivity index (χ2v) is 14.6. The zero-order valence-corrected chi connectivity index (χ0v) is 31.1. The first-order chi connectivity index (χ1) is 24.3. The average Bonchev–Trinajstić information content (AvgIpc) is 3.78. The predicted octanol–water partition coefficient (Wildman–Crippen LogP) is 9.96. The molecule has 3 atom stereocenters. The SMILES string of the molecule is C=C1N(c2ccc(N3CCN(c4ccc(CC[C@@H]5CCC(c6ccc(Cl)cc6Cl)C5)cc4)CC3)cc2)C=NN1C(C)CC.Cc1cncnc1. The van der Waals surface area contributed by atoms with Gasteiger partial charge in [-0.15, -0.1) is 0 Å². The van der Waals surface area contributed by atoms with E-state index in [1.807, 2.05) is 30.4 Å². The molecule has 7 nitrogen and oxygen atoms in total. The maximum absolute atomic E-state index is 6.50. The molecule has 0 radical (unpaired) electrons. The number of hydrogen-bond donors (Lipinski definition) is 0. The predicted molar refractivity (Wildman–Crippen MR) is 211 cm³/mol. The molecule has 0 spiro atoms. The van der Waals surface area contributed by atoms with E-state index in [9.17, 15) is 0 Å². The Balaban J connectivity index is 0.000000552. The average molecular weight is 711 g/mol. The van der Waals surface area contributed by atoms with Crippen molar-refractivity contribution in [2.75, 3.05) is 40.9 Å². The highest BCUT2D eigenvalue weighted by molar-refractivity contribution is 6.35. The Bertz CT molecular complexity index is 1720. The summed E-state index contributed by atoms with van der Waals surface area (Å²) in [6.07, 6.45) is 14.1. The molecule has 9 heteroatoms. The standard InChI is InChI=1S/C36H43Cl2N5.C5H6N2/c1-4-26(2)43-27(3)42(25-39-43)34-16-14-33(15-17-34)41-21-19-40(20-22-41)32-12-8-28(9-13-32)5-6-29-7-10-30(23-29)35-18-11-31(37)24-36(35)38;1-5-2-6-4-7-3-5/h8-9,11-18,24-26,29-30H,3-7,10,19-23H2,1-2H3;2-4H,1H3/t26?,29-,30?;/m1./s1. The van der Waals surface area contributed by atoms with Gasteiger partial charge in [-0.05, 0) is 129 Å². The number of aryl methyl sites for hydroxylation is 2. The van der Waals surface area contributed by atoms with Crippen molar-refractivity contribution in [3.63, 3.8) is 0 Å². The zero-order chi connectivity index (χ0) is 35.0. The minimum Gasteiger partial charge on any atom is -0.368 e. The summed E-state index contributed by atoms with van der Waals surface area (Å²) in [6.45, 7) is 14.7. The van der Waals surface area contributed by atoms with Crippen LogP contribution in [0.5, 0.6) is 0 Å². The normalized spacial score (nSPS) is 19.5. The summed E-state index contributed by atoms with van der Waals surface area (Å²) in [7, 11) is 0. The summed E-state index contributed by atoms with van der Waals surface area (Å²) in [5, 5.41) is 8.10. The van der Waals surface area contributed by atoms with Crippen molar-refractivity contribution in [3.05, 3.63) is 125 Å². The van der Waals surface area contributed by atoms with Crippen LogP contribution in [-0.4, -0.2) is 53.5 Å². The highest BCUT2D eigenvalue weighted by Crippen LogP contribution is 2.43. The molecule has 7 rings (SSSR count). The molecule has 0 amide bonds. The van der Waals surface area contributed by atoms with Crippen LogP contribution < -0.4 is 14.7 Å². The van der Waals surface area contributed by atoms with Crippen molar-refractivity contribution in [1.82, 2.24) is 15.0 Å². The lowest BCUT2D eigenvalue weighted by Gasteiger charge is -2.37. The fourth-order valence-corrected chi connectivity index (χ4v) is 7.79. The zero-order valence-electron chi connectivity index (χ0n) is 29.6. The number of hydrogen-bond acceptors (Lipinski definition) is 7. The Labute approximate surface area is 308 Å². The van der Waals surface area contributed by atoms with E-state index in [2.05, 4.69) is 105 Å². The van der Waals surface area contributed by atoms with Crippen LogP contribution in [0.1, 0.15) is 68.6 Å². The van der Waals surface area contributed by atoms with Gasteiger partial charge < -0.3 is 9.80 Å². The second kappa shape index (κ2) is 16.8. The highest BCUT2D eigenvalue weighted by atomic mass is 35.5. The molecule has 3 heterocycles. The maximum atomic E-state index is 6.50. The quantitative estimate of drug-likeness (QED) is 0.172. The first-order valence-corrected chi connectivity index (χ1v) is 18.7. The molecule has 3 aliphatic rings. The molecule has 1 aliphatic carbocycles. The Kier molecular flexibility index (Phi) is 12.0. The minimum atomic E-state index is 0.340. The van der Waals surface area contributed by atoms with E-state index < -0.39 is 0 Å². The third-order valence-corrected chi connectivity index (χ3v) is 11.0. The van der Waals surface area contributed by atoms with Crippen LogP contribution in [0.2, 0.25) is 10.0 Å². The Morgan fingerprint density at radius 2 is 1.46 bits per heavy atom. The van der Waals surface area contributed by atoms with Crippen molar-refractivity contribution in [3.8, 4) is 0 Å². The van der Waals surface area contributed by atoms with Crippen LogP contribution in [-0.2, 0) is 6.42 Å². The molecule has 4 aromatic rings. The van der Waals surface area contributed by atoms with Crippen molar-refractivity contribution < 1.29 is 0 Å². The van der Waals surface area contributed by atoms with Gasteiger partial charge in [0.15, 0.2) is 0 Å². The minimum absolute atomic E-state index is 0.340. The first-order valence-electron chi connectivity index (χ1n) is 18.0. The summed E-state index contributed by atoms with van der Waals surface area (Å²) in [5.41, 5.74) is 7.50. The molecule has 2 unspecified atom stereocenters. The number of anilines is 3. The van der Waals surface area contributed by atoms with Crippen molar-refractivity contribution in [2.24, 2.45) is 11.0 Å². The summed E-state index contributed by atoms with van der Waals surface area (Å²) < 4.78 is 0. The number of rotatable bonds is 9. The number of benzene rings is 3. The monoisotopic (exact) mass is 709 g/mol. The molecule has 1 saturated heterocycles. The van der Waals surface area contributed by atoms with E-state index in [0.717, 1.165) is 67.0 Å². The largest absolute Gasteiger partial charge is 0.368 e. The van der Waals surface area contributed by atoms with Crippen molar-refractivity contribution in [2.45, 2.75) is 71.3 Å².